The van der Waals surface area contributed by atoms with Crippen LogP contribution in [0.2, 0.25) is 0 Å². The van der Waals surface area contributed by atoms with Crippen LogP contribution < -0.4 is 16.6 Å². The summed E-state index contributed by atoms with van der Waals surface area (Å²) in [7, 11) is 0. The van der Waals surface area contributed by atoms with E-state index in [1.54, 1.807) is 0 Å². The molecule has 0 saturated heterocycles. The SMILES string of the molecule is O=C(COC(=O)c1c[nH]c(=O)[nH]c1=O)Nc1ccc(Br)cc1F. The molecule has 1 aromatic carbocycles. The Morgan fingerprint density at radius 2 is 2.04 bits per heavy atom. The number of aromatic amines is 2. The number of anilines is 1. The molecule has 0 aliphatic heterocycles. The quantitative estimate of drug-likeness (QED) is 0.670. The number of amides is 1. The molecule has 2 aromatic rings. The van der Waals surface area contributed by atoms with Crippen molar-refractivity contribution >= 4 is 33.5 Å². The number of rotatable bonds is 4. The van der Waals surface area contributed by atoms with E-state index in [9.17, 15) is 23.6 Å². The molecular formula is C13H9BrFN3O5. The van der Waals surface area contributed by atoms with Crippen LogP contribution in [0.5, 0.6) is 0 Å². The number of hydrogen-bond donors (Lipinski definition) is 3. The number of ether oxygens (including phenoxy) is 1. The van der Waals surface area contributed by atoms with Gasteiger partial charge in [-0.05, 0) is 18.2 Å². The summed E-state index contributed by atoms with van der Waals surface area (Å²) in [6.45, 7) is -0.729. The van der Waals surface area contributed by atoms with Gasteiger partial charge in [0.2, 0.25) is 0 Å². The summed E-state index contributed by atoms with van der Waals surface area (Å²) in [5.41, 5.74) is -2.28. The summed E-state index contributed by atoms with van der Waals surface area (Å²) < 4.78 is 18.7. The van der Waals surface area contributed by atoms with Gasteiger partial charge in [-0.1, -0.05) is 15.9 Å². The Labute approximate surface area is 135 Å². The highest BCUT2D eigenvalue weighted by molar-refractivity contribution is 9.10. The zero-order valence-electron chi connectivity index (χ0n) is 11.3. The lowest BCUT2D eigenvalue weighted by molar-refractivity contribution is -0.119. The first-order valence-corrected chi connectivity index (χ1v) is 6.90. The van der Waals surface area contributed by atoms with E-state index in [0.29, 0.717) is 4.47 Å². The van der Waals surface area contributed by atoms with Gasteiger partial charge in [0.25, 0.3) is 11.5 Å². The second kappa shape index (κ2) is 7.01. The summed E-state index contributed by atoms with van der Waals surface area (Å²) in [6, 6.07) is 4.00. The molecule has 10 heteroatoms. The molecule has 1 aromatic heterocycles. The van der Waals surface area contributed by atoms with Crippen LogP contribution in [0.3, 0.4) is 0 Å². The Morgan fingerprint density at radius 1 is 1.30 bits per heavy atom. The van der Waals surface area contributed by atoms with Crippen LogP contribution in [0.25, 0.3) is 0 Å². The van der Waals surface area contributed by atoms with Crippen LogP contribution in [-0.2, 0) is 9.53 Å². The van der Waals surface area contributed by atoms with Crippen LogP contribution in [0, 0.1) is 5.82 Å². The van der Waals surface area contributed by atoms with Crippen molar-refractivity contribution in [3.63, 3.8) is 0 Å². The summed E-state index contributed by atoms with van der Waals surface area (Å²) in [6.07, 6.45) is 0.871. The number of carbonyl (C=O) groups is 2. The van der Waals surface area contributed by atoms with Crippen LogP contribution in [0.1, 0.15) is 10.4 Å². The predicted molar refractivity (Wildman–Crippen MR) is 80.7 cm³/mol. The van der Waals surface area contributed by atoms with Gasteiger partial charge in [0.1, 0.15) is 11.4 Å². The number of esters is 1. The van der Waals surface area contributed by atoms with Crippen molar-refractivity contribution in [2.75, 3.05) is 11.9 Å². The van der Waals surface area contributed by atoms with Gasteiger partial charge in [0.05, 0.1) is 5.69 Å². The van der Waals surface area contributed by atoms with Crippen LogP contribution >= 0.6 is 15.9 Å². The molecule has 0 unspecified atom stereocenters. The fourth-order valence-electron chi connectivity index (χ4n) is 1.55. The van der Waals surface area contributed by atoms with Crippen molar-refractivity contribution in [2.24, 2.45) is 0 Å². The third kappa shape index (κ3) is 4.36. The fraction of sp³-hybridized carbons (Fsp3) is 0.0769. The zero-order chi connectivity index (χ0) is 17.0. The summed E-state index contributed by atoms with van der Waals surface area (Å²) in [5, 5.41) is 2.21. The molecule has 23 heavy (non-hydrogen) atoms. The van der Waals surface area contributed by atoms with Gasteiger partial charge >= 0.3 is 11.7 Å². The van der Waals surface area contributed by atoms with Gasteiger partial charge in [-0.25, -0.2) is 14.0 Å². The van der Waals surface area contributed by atoms with Gasteiger partial charge in [-0.3, -0.25) is 14.6 Å². The van der Waals surface area contributed by atoms with Crippen LogP contribution in [0.15, 0.2) is 38.5 Å². The van der Waals surface area contributed by atoms with E-state index in [0.717, 1.165) is 12.3 Å². The molecule has 0 aliphatic carbocycles. The number of aromatic nitrogens is 2. The number of nitrogens with one attached hydrogen (secondary N) is 3. The van der Waals surface area contributed by atoms with E-state index in [1.807, 2.05) is 4.98 Å². The monoisotopic (exact) mass is 385 g/mol. The Morgan fingerprint density at radius 3 is 2.70 bits per heavy atom. The number of halogens is 2. The molecule has 1 amide bonds. The van der Waals surface area contributed by atoms with E-state index in [4.69, 9.17) is 0 Å². The Bertz CT molecular complexity index is 876. The molecule has 8 nitrogen and oxygen atoms in total. The topological polar surface area (TPSA) is 121 Å². The molecule has 0 saturated carbocycles. The van der Waals surface area contributed by atoms with Crippen molar-refractivity contribution in [1.82, 2.24) is 9.97 Å². The van der Waals surface area contributed by atoms with Gasteiger partial charge in [0.15, 0.2) is 6.61 Å². The smallest absolute Gasteiger partial charge is 0.345 e. The van der Waals surface area contributed by atoms with Gasteiger partial charge < -0.3 is 15.0 Å². The molecule has 2 rings (SSSR count). The third-order valence-electron chi connectivity index (χ3n) is 2.58. The van der Waals surface area contributed by atoms with Crippen molar-refractivity contribution in [3.05, 3.63) is 61.1 Å². The van der Waals surface area contributed by atoms with Crippen molar-refractivity contribution in [3.8, 4) is 0 Å². The average molecular weight is 386 g/mol. The highest BCUT2D eigenvalue weighted by atomic mass is 79.9. The molecule has 1 heterocycles. The summed E-state index contributed by atoms with van der Waals surface area (Å²) >= 11 is 3.07. The molecule has 0 atom stereocenters. The number of carbonyl (C=O) groups excluding carboxylic acids is 2. The minimum Gasteiger partial charge on any atom is -0.452 e. The number of benzene rings is 1. The maximum Gasteiger partial charge on any atom is 0.345 e. The summed E-state index contributed by atoms with van der Waals surface area (Å²) in [5.74, 6) is -2.56. The Balaban J connectivity index is 1.97. The van der Waals surface area contributed by atoms with E-state index in [2.05, 4.69) is 31.0 Å². The standard InChI is InChI=1S/C13H9BrFN3O5/c14-6-1-2-9(8(15)3-6)17-10(19)5-23-12(21)7-4-16-13(22)18-11(7)20/h1-4H,5H2,(H,17,19)(H2,16,18,20,22). The average Bonchev–Trinajstić information content (AvgIpc) is 2.48. The molecular weight excluding hydrogens is 377 g/mol. The highest BCUT2D eigenvalue weighted by Crippen LogP contribution is 2.19. The van der Waals surface area contributed by atoms with E-state index < -0.39 is 41.1 Å². The van der Waals surface area contributed by atoms with Gasteiger partial charge in [-0.15, -0.1) is 0 Å². The zero-order valence-corrected chi connectivity index (χ0v) is 12.9. The summed E-state index contributed by atoms with van der Waals surface area (Å²) in [4.78, 5) is 49.4. The maximum atomic E-state index is 13.5. The first-order valence-electron chi connectivity index (χ1n) is 6.11. The lowest BCUT2D eigenvalue weighted by Gasteiger charge is -2.07. The van der Waals surface area contributed by atoms with Crippen molar-refractivity contribution in [2.45, 2.75) is 0 Å². The Kier molecular flexibility index (Phi) is 5.06. The normalized spacial score (nSPS) is 10.2. The van der Waals surface area contributed by atoms with Gasteiger partial charge in [-0.2, -0.15) is 0 Å². The molecule has 0 spiro atoms. The minimum atomic E-state index is -1.10. The molecule has 120 valence electrons. The lowest BCUT2D eigenvalue weighted by atomic mass is 10.3. The number of H-pyrrole nitrogens is 2. The minimum absolute atomic E-state index is 0.0869. The molecule has 0 radical (unpaired) electrons. The first-order chi connectivity index (χ1) is 10.9. The lowest BCUT2D eigenvalue weighted by Crippen LogP contribution is -2.29. The third-order valence-corrected chi connectivity index (χ3v) is 3.07. The van der Waals surface area contributed by atoms with E-state index in [-0.39, 0.29) is 5.69 Å². The predicted octanol–water partition coefficient (Wildman–Crippen LogP) is 0.760. The molecule has 0 bridgehead atoms. The second-order valence-electron chi connectivity index (χ2n) is 4.23. The largest absolute Gasteiger partial charge is 0.452 e. The van der Waals surface area contributed by atoms with E-state index >= 15 is 0 Å². The first kappa shape index (κ1) is 16.6. The number of hydrogen-bond acceptors (Lipinski definition) is 5. The highest BCUT2D eigenvalue weighted by Gasteiger charge is 2.15. The molecule has 0 fully saturated rings. The molecule has 3 N–H and O–H groups in total. The van der Waals surface area contributed by atoms with Crippen molar-refractivity contribution < 1.29 is 18.7 Å². The van der Waals surface area contributed by atoms with E-state index in [1.165, 1.54) is 12.1 Å². The van der Waals surface area contributed by atoms with Crippen molar-refractivity contribution in [1.29, 1.82) is 0 Å². The maximum absolute atomic E-state index is 13.5. The van der Waals surface area contributed by atoms with Crippen LogP contribution in [-0.4, -0.2) is 28.5 Å². The van der Waals surface area contributed by atoms with Gasteiger partial charge in [0, 0.05) is 10.7 Å². The molecule has 0 aliphatic rings. The fourth-order valence-corrected chi connectivity index (χ4v) is 1.88. The second-order valence-corrected chi connectivity index (χ2v) is 5.15. The van der Waals surface area contributed by atoms with Crippen LogP contribution in [0.4, 0.5) is 10.1 Å². The Hall–Kier alpha value is -2.75.